The maximum Gasteiger partial charge on any atom is 0.224 e. The van der Waals surface area contributed by atoms with Gasteiger partial charge in [0.2, 0.25) is 5.91 Å². The van der Waals surface area contributed by atoms with Crippen molar-refractivity contribution in [1.29, 1.82) is 0 Å². The lowest BCUT2D eigenvalue weighted by atomic mass is 9.72. The number of carbonyl (C=O) groups excluding carboxylic acids is 1. The van der Waals surface area contributed by atoms with E-state index in [1.54, 1.807) is 24.5 Å². The zero-order valence-corrected chi connectivity index (χ0v) is 21.7. The van der Waals surface area contributed by atoms with E-state index < -0.39 is 0 Å². The van der Waals surface area contributed by atoms with Crippen molar-refractivity contribution in [3.8, 4) is 0 Å². The second-order valence-electron chi connectivity index (χ2n) is 9.65. The summed E-state index contributed by atoms with van der Waals surface area (Å²) in [6.07, 6.45) is 6.19. The fourth-order valence-electron chi connectivity index (χ4n) is 5.63. The topological polar surface area (TPSA) is 54.5 Å². The average molecular weight is 552 g/mol. The fourth-order valence-corrected chi connectivity index (χ4v) is 5.90. The van der Waals surface area contributed by atoms with E-state index in [9.17, 15) is 9.18 Å². The van der Waals surface area contributed by atoms with Gasteiger partial charge >= 0.3 is 0 Å². The Kier molecular flexibility index (Phi) is 8.09. The third-order valence-corrected chi connectivity index (χ3v) is 8.08. The summed E-state index contributed by atoms with van der Waals surface area (Å²) in [5.74, 6) is -0.288. The molecule has 4 atom stereocenters. The standard InChI is InChI=1S/C29H31BrFN3O2/c30-23-5-1-20(2-6-23)27-19-25(34-15-17-36-18-16-34)9-10-26(27)29(35)33-28(22-11-13-32-14-12-22)21-3-7-24(31)8-4-21/h1-8,11-14,25-28H,9-10,15-19H2,(H,33,35). The van der Waals surface area contributed by atoms with E-state index in [0.29, 0.717) is 6.04 Å². The van der Waals surface area contributed by atoms with Crippen LogP contribution in [0.15, 0.2) is 77.5 Å². The Morgan fingerprint density at radius 2 is 1.64 bits per heavy atom. The molecule has 1 aliphatic heterocycles. The summed E-state index contributed by atoms with van der Waals surface area (Å²) in [5, 5.41) is 3.31. The van der Waals surface area contributed by atoms with Gasteiger partial charge in [-0.15, -0.1) is 0 Å². The number of morpholine rings is 1. The molecule has 188 valence electrons. The van der Waals surface area contributed by atoms with E-state index in [2.05, 4.69) is 55.4 Å². The first-order chi connectivity index (χ1) is 17.6. The molecule has 5 nitrogen and oxygen atoms in total. The quantitative estimate of drug-likeness (QED) is 0.441. The first kappa shape index (κ1) is 25.1. The van der Waals surface area contributed by atoms with Crippen molar-refractivity contribution in [1.82, 2.24) is 15.2 Å². The SMILES string of the molecule is O=C(NC(c1ccncc1)c1ccc(F)cc1)C1CCC(N2CCOCC2)CC1c1ccc(Br)cc1. The van der Waals surface area contributed by atoms with Crippen LogP contribution in [0.2, 0.25) is 0 Å². The molecule has 2 aliphatic rings. The molecule has 0 radical (unpaired) electrons. The Morgan fingerprint density at radius 3 is 2.33 bits per heavy atom. The molecule has 4 unspecified atom stereocenters. The summed E-state index contributed by atoms with van der Waals surface area (Å²) in [6, 6.07) is 18.6. The Balaban J connectivity index is 1.41. The molecule has 2 aromatic carbocycles. The van der Waals surface area contributed by atoms with Crippen LogP contribution in [0.5, 0.6) is 0 Å². The highest BCUT2D eigenvalue weighted by atomic mass is 79.9. The van der Waals surface area contributed by atoms with Crippen molar-refractivity contribution in [2.75, 3.05) is 26.3 Å². The molecule has 1 N–H and O–H groups in total. The zero-order valence-electron chi connectivity index (χ0n) is 20.2. The van der Waals surface area contributed by atoms with E-state index in [4.69, 9.17) is 4.74 Å². The molecule has 7 heteroatoms. The number of pyridine rings is 1. The normalized spacial score (nSPS) is 23.7. The van der Waals surface area contributed by atoms with Crippen LogP contribution >= 0.6 is 15.9 Å². The molecule has 1 aromatic heterocycles. The molecule has 1 amide bonds. The van der Waals surface area contributed by atoms with Gasteiger partial charge in [-0.05, 0) is 78.3 Å². The second kappa shape index (κ2) is 11.6. The van der Waals surface area contributed by atoms with Gasteiger partial charge in [0.15, 0.2) is 0 Å². The number of hydrogen-bond acceptors (Lipinski definition) is 4. The third kappa shape index (κ3) is 5.85. The largest absolute Gasteiger partial charge is 0.379 e. The van der Waals surface area contributed by atoms with Gasteiger partial charge < -0.3 is 10.1 Å². The van der Waals surface area contributed by atoms with E-state index in [1.807, 2.05) is 12.1 Å². The van der Waals surface area contributed by atoms with Crippen LogP contribution in [-0.2, 0) is 9.53 Å². The Morgan fingerprint density at radius 1 is 0.972 bits per heavy atom. The molecule has 0 bridgehead atoms. The van der Waals surface area contributed by atoms with Crippen molar-refractivity contribution in [2.45, 2.75) is 37.3 Å². The molecule has 1 saturated carbocycles. The molecular formula is C29H31BrFN3O2. The lowest BCUT2D eigenvalue weighted by Crippen LogP contribution is -2.48. The molecule has 5 rings (SSSR count). The van der Waals surface area contributed by atoms with Crippen LogP contribution in [0.3, 0.4) is 0 Å². The van der Waals surface area contributed by atoms with Gasteiger partial charge in [-0.1, -0.05) is 40.2 Å². The van der Waals surface area contributed by atoms with Crippen LogP contribution in [-0.4, -0.2) is 48.1 Å². The molecule has 2 heterocycles. The second-order valence-corrected chi connectivity index (χ2v) is 10.6. The average Bonchev–Trinajstić information content (AvgIpc) is 2.93. The number of ether oxygens (including phenoxy) is 1. The molecule has 0 spiro atoms. The summed E-state index contributed by atoms with van der Waals surface area (Å²) in [6.45, 7) is 3.44. The van der Waals surface area contributed by atoms with Gasteiger partial charge in [0.1, 0.15) is 5.82 Å². The lowest BCUT2D eigenvalue weighted by Gasteiger charge is -2.42. The first-order valence-electron chi connectivity index (χ1n) is 12.6. The van der Waals surface area contributed by atoms with Crippen molar-refractivity contribution in [3.63, 3.8) is 0 Å². The number of benzene rings is 2. The van der Waals surface area contributed by atoms with Crippen LogP contribution < -0.4 is 5.32 Å². The summed E-state index contributed by atoms with van der Waals surface area (Å²) in [7, 11) is 0. The summed E-state index contributed by atoms with van der Waals surface area (Å²) < 4.78 is 20.3. The van der Waals surface area contributed by atoms with Crippen LogP contribution in [0.25, 0.3) is 0 Å². The van der Waals surface area contributed by atoms with Crippen LogP contribution in [0.1, 0.15) is 47.9 Å². The van der Waals surface area contributed by atoms with Gasteiger partial charge in [-0.25, -0.2) is 4.39 Å². The van der Waals surface area contributed by atoms with Crippen LogP contribution in [0, 0.1) is 11.7 Å². The predicted octanol–water partition coefficient (Wildman–Crippen LogP) is 5.47. The van der Waals surface area contributed by atoms with E-state index in [0.717, 1.165) is 61.2 Å². The number of carbonyl (C=O) groups is 1. The van der Waals surface area contributed by atoms with E-state index >= 15 is 0 Å². The number of nitrogens with zero attached hydrogens (tertiary/aromatic N) is 2. The molecule has 3 aromatic rings. The number of hydrogen-bond donors (Lipinski definition) is 1. The summed E-state index contributed by atoms with van der Waals surface area (Å²) >= 11 is 3.54. The van der Waals surface area contributed by atoms with E-state index in [1.165, 1.54) is 17.7 Å². The number of nitrogens with one attached hydrogen (secondary N) is 1. The maximum absolute atomic E-state index is 13.9. The minimum Gasteiger partial charge on any atom is -0.379 e. The molecule has 1 aliphatic carbocycles. The minimum atomic E-state index is -0.372. The summed E-state index contributed by atoms with van der Waals surface area (Å²) in [5.41, 5.74) is 2.96. The highest BCUT2D eigenvalue weighted by Crippen LogP contribution is 2.41. The van der Waals surface area contributed by atoms with Gasteiger partial charge in [-0.2, -0.15) is 0 Å². The number of amides is 1. The highest BCUT2D eigenvalue weighted by Gasteiger charge is 2.39. The zero-order chi connectivity index (χ0) is 24.9. The predicted molar refractivity (Wildman–Crippen MR) is 141 cm³/mol. The summed E-state index contributed by atoms with van der Waals surface area (Å²) in [4.78, 5) is 20.6. The maximum atomic E-state index is 13.9. The van der Waals surface area contributed by atoms with Gasteiger partial charge in [0.05, 0.1) is 19.3 Å². The highest BCUT2D eigenvalue weighted by molar-refractivity contribution is 9.10. The first-order valence-corrected chi connectivity index (χ1v) is 13.4. The minimum absolute atomic E-state index is 0.0366. The monoisotopic (exact) mass is 551 g/mol. The van der Waals surface area contributed by atoms with Crippen molar-refractivity contribution in [2.24, 2.45) is 5.92 Å². The number of aromatic nitrogens is 1. The smallest absolute Gasteiger partial charge is 0.224 e. The molecule has 36 heavy (non-hydrogen) atoms. The lowest BCUT2D eigenvalue weighted by molar-refractivity contribution is -0.127. The van der Waals surface area contributed by atoms with Crippen molar-refractivity contribution in [3.05, 3.63) is 100 Å². The van der Waals surface area contributed by atoms with Gasteiger partial charge in [0.25, 0.3) is 0 Å². The molecular weight excluding hydrogens is 521 g/mol. The van der Waals surface area contributed by atoms with Crippen molar-refractivity contribution < 1.29 is 13.9 Å². The molecule has 2 fully saturated rings. The van der Waals surface area contributed by atoms with E-state index in [-0.39, 0.29) is 29.6 Å². The Labute approximate surface area is 220 Å². The Hall–Kier alpha value is -2.61. The number of halogens is 2. The Bertz CT molecular complexity index is 1140. The fraction of sp³-hybridized carbons (Fsp3) is 0.379. The van der Waals surface area contributed by atoms with Crippen LogP contribution in [0.4, 0.5) is 4.39 Å². The third-order valence-electron chi connectivity index (χ3n) is 7.55. The van der Waals surface area contributed by atoms with Crippen molar-refractivity contribution >= 4 is 21.8 Å². The van der Waals surface area contributed by atoms with Gasteiger partial charge in [-0.3, -0.25) is 14.7 Å². The van der Waals surface area contributed by atoms with Gasteiger partial charge in [0, 0.05) is 41.9 Å². The number of rotatable bonds is 6. The molecule has 1 saturated heterocycles.